The lowest BCUT2D eigenvalue weighted by Crippen LogP contribution is -2.61. The molecule has 1 fully saturated rings. The first-order valence-electron chi connectivity index (χ1n) is 28.1. The number of ether oxygens (including phenoxy) is 5. The smallest absolute Gasteiger partial charge is 0.471 e. The van der Waals surface area contributed by atoms with Gasteiger partial charge in [0.2, 0.25) is 5.91 Å². The quantitative estimate of drug-likeness (QED) is 0.0169. The molecule has 4 aliphatic rings. The van der Waals surface area contributed by atoms with Crippen LogP contribution in [0, 0.1) is 0 Å². The number of benzene rings is 6. The van der Waals surface area contributed by atoms with Crippen LogP contribution in [0.4, 0.5) is 9.59 Å². The van der Waals surface area contributed by atoms with E-state index in [1.807, 2.05) is 113 Å². The van der Waals surface area contributed by atoms with Crippen LogP contribution >= 0.6 is 37.2 Å². The number of carbonyl (C=O) groups excluding carboxylic acids is 4. The molecule has 4 amide bonds. The highest BCUT2D eigenvalue weighted by Crippen LogP contribution is 2.57. The van der Waals surface area contributed by atoms with Crippen molar-refractivity contribution in [2.75, 3.05) is 52.9 Å². The van der Waals surface area contributed by atoms with E-state index >= 15 is 0 Å². The number of amides is 4. The summed E-state index contributed by atoms with van der Waals surface area (Å²) in [6.07, 6.45) is -4.41. The van der Waals surface area contributed by atoms with Gasteiger partial charge in [0, 0.05) is 70.8 Å². The summed E-state index contributed by atoms with van der Waals surface area (Å²) in [6.45, 7) is 0.250. The topological polar surface area (TPSA) is 334 Å². The molecule has 12 rings (SSSR count). The van der Waals surface area contributed by atoms with Crippen LogP contribution in [0.15, 0.2) is 120 Å². The number of carbonyl (C=O) groups is 5. The molecule has 2 bridgehead atoms. The van der Waals surface area contributed by atoms with Crippen molar-refractivity contribution in [1.29, 1.82) is 0 Å². The minimum Gasteiger partial charge on any atom is -0.480 e. The minimum absolute atomic E-state index is 0.00291. The van der Waals surface area contributed by atoms with E-state index in [0.29, 0.717) is 59.6 Å². The first kappa shape index (κ1) is 61.9. The number of fused-ring (bicyclic) bond motifs is 16. The molecule has 89 heavy (non-hydrogen) atoms. The maximum atomic E-state index is 14.6. The number of hydrogen-bond acceptors (Lipinski definition) is 16. The lowest BCUT2D eigenvalue weighted by Gasteiger charge is -2.50. The number of likely N-dealkylation sites (N-methyl/N-ethyl adjacent to an activating group) is 1. The molecule has 0 radical (unpaired) electrons. The van der Waals surface area contributed by atoms with Crippen molar-refractivity contribution >= 4 is 111 Å². The van der Waals surface area contributed by atoms with Gasteiger partial charge in [-0.05, 0) is 64.9 Å². The van der Waals surface area contributed by atoms with Gasteiger partial charge in [-0.15, -0.1) is 0 Å². The van der Waals surface area contributed by atoms with Gasteiger partial charge in [-0.2, -0.15) is 0 Å². The Morgan fingerprint density at radius 2 is 1.53 bits per heavy atom. The maximum Gasteiger partial charge on any atom is 0.471 e. The number of methoxy groups -OCH3 is 1. The summed E-state index contributed by atoms with van der Waals surface area (Å²) in [5.74, 6) is -2.72. The third-order valence-electron chi connectivity index (χ3n) is 16.5. The van der Waals surface area contributed by atoms with Crippen molar-refractivity contribution in [1.82, 2.24) is 30.0 Å². The molecular weight excluding hydrogens is 1230 g/mol. The standard InChI is InChI=1S/C60H60N6O19P2S2/c1-60-54(79-3)44(27-46(84-60)65-42-18-10-8-16-38(42)48-50-51(57(63-56(50)70)85-87(76,77)78)49-39-17-9-11-19-43(39)66(60)53(49)52(48)65)64(2)59(72)82-28-32-20-21-45(33(26-32)22-24-80-30-47(67)68)89-88-31-41(55(69)61-23-25-83-86(73,74)75)62-58(71)81-29-40-36-14-6-4-12-34(36)35-13-5-7-15-37(35)40/h4-21,26,40-41,44,46,54,57H,22-25,27-31H2,1-3H3,(H,61,69)(H,62,71)(H,63,70)(H,67,68)(H2,73,74,75)(H2,76,77,78). The summed E-state index contributed by atoms with van der Waals surface area (Å²) < 4.78 is 68.6. The van der Waals surface area contributed by atoms with Gasteiger partial charge in [0.1, 0.15) is 38.2 Å². The molecule has 8 N–H and O–H groups in total. The van der Waals surface area contributed by atoms with E-state index in [0.717, 1.165) is 22.3 Å². The molecule has 25 nitrogen and oxygen atoms in total. The van der Waals surface area contributed by atoms with Gasteiger partial charge in [-0.25, -0.2) is 23.5 Å². The fourth-order valence-corrected chi connectivity index (χ4v) is 16.2. The molecule has 0 saturated carbocycles. The van der Waals surface area contributed by atoms with Gasteiger partial charge < -0.3 is 78.3 Å². The Morgan fingerprint density at radius 1 is 0.854 bits per heavy atom. The molecule has 3 aliphatic heterocycles. The Morgan fingerprint density at radius 3 is 2.21 bits per heavy atom. The second kappa shape index (κ2) is 24.8. The van der Waals surface area contributed by atoms with Gasteiger partial charge in [-0.1, -0.05) is 119 Å². The summed E-state index contributed by atoms with van der Waals surface area (Å²) in [7, 11) is -4.43. The van der Waals surface area contributed by atoms with Crippen LogP contribution in [0.2, 0.25) is 0 Å². The largest absolute Gasteiger partial charge is 0.480 e. The third kappa shape index (κ3) is 11.9. The highest BCUT2D eigenvalue weighted by Gasteiger charge is 2.56. The first-order chi connectivity index (χ1) is 42.6. The number of phosphoric acid groups is 2. The van der Waals surface area contributed by atoms with Crippen LogP contribution in [0.25, 0.3) is 54.7 Å². The minimum atomic E-state index is -5.17. The normalized spacial score (nSPS) is 19.7. The molecule has 1 saturated heterocycles. The van der Waals surface area contributed by atoms with Gasteiger partial charge in [0.25, 0.3) is 5.91 Å². The van der Waals surface area contributed by atoms with E-state index < -0.39 is 95.2 Å². The average molecular weight is 1300 g/mol. The van der Waals surface area contributed by atoms with Gasteiger partial charge in [0.05, 0.1) is 46.9 Å². The van der Waals surface area contributed by atoms with Crippen LogP contribution in [0.1, 0.15) is 69.9 Å². The average Bonchev–Trinajstić information content (AvgIpc) is 1.50. The number of phosphoric ester groups is 2. The maximum absolute atomic E-state index is 14.6. The fraction of sp³-hybridized carbons (Fsp3) is 0.317. The van der Waals surface area contributed by atoms with E-state index in [1.165, 1.54) is 33.6 Å². The second-order valence-electron chi connectivity index (χ2n) is 21.8. The number of hydrogen-bond donors (Lipinski definition) is 8. The molecule has 2 aromatic heterocycles. The van der Waals surface area contributed by atoms with Crippen molar-refractivity contribution in [3.8, 4) is 11.1 Å². The summed E-state index contributed by atoms with van der Waals surface area (Å²) in [4.78, 5) is 108. The third-order valence-corrected chi connectivity index (χ3v) is 20.0. The number of para-hydroxylation sites is 2. The molecule has 6 aromatic carbocycles. The van der Waals surface area contributed by atoms with Crippen molar-refractivity contribution in [3.05, 3.63) is 149 Å². The summed E-state index contributed by atoms with van der Waals surface area (Å²) in [6, 6.07) is 33.8. The molecule has 6 atom stereocenters. The highest BCUT2D eigenvalue weighted by molar-refractivity contribution is 8.76. The van der Waals surface area contributed by atoms with Crippen molar-refractivity contribution < 1.29 is 90.5 Å². The van der Waals surface area contributed by atoms with Crippen LogP contribution in [-0.2, 0) is 70.2 Å². The number of alkyl carbamates (subject to hydrolysis) is 1. The van der Waals surface area contributed by atoms with Crippen molar-refractivity contribution in [3.63, 3.8) is 0 Å². The lowest BCUT2D eigenvalue weighted by molar-refractivity contribution is -0.265. The molecule has 8 aromatic rings. The first-order valence-corrected chi connectivity index (χ1v) is 33.5. The Hall–Kier alpha value is -7.33. The van der Waals surface area contributed by atoms with E-state index in [4.69, 9.17) is 28.2 Å². The Labute approximate surface area is 515 Å². The second-order valence-corrected chi connectivity index (χ2v) is 26.6. The Bertz CT molecular complexity index is 4220. The zero-order valence-corrected chi connectivity index (χ0v) is 51.2. The Balaban J connectivity index is 0.783. The highest BCUT2D eigenvalue weighted by atomic mass is 33.1. The zero-order valence-electron chi connectivity index (χ0n) is 47.8. The fourth-order valence-electron chi connectivity index (χ4n) is 13.0. The van der Waals surface area contributed by atoms with Gasteiger partial charge in [-0.3, -0.25) is 18.6 Å². The van der Waals surface area contributed by atoms with Crippen molar-refractivity contribution in [2.24, 2.45) is 0 Å². The van der Waals surface area contributed by atoms with Gasteiger partial charge in [0.15, 0.2) is 12.0 Å². The van der Waals surface area contributed by atoms with E-state index in [9.17, 15) is 57.8 Å². The number of aromatic nitrogens is 2. The lowest BCUT2D eigenvalue weighted by atomic mass is 9.92. The van der Waals surface area contributed by atoms with Crippen LogP contribution < -0.4 is 16.0 Å². The predicted molar refractivity (Wildman–Crippen MR) is 327 cm³/mol. The number of nitrogens with zero attached hydrogens (tertiary/aromatic N) is 3. The van der Waals surface area contributed by atoms with E-state index in [1.54, 1.807) is 25.2 Å². The zero-order chi connectivity index (χ0) is 62.7. The molecular formula is C60H60N6O19P2S2. The number of aliphatic carboxylic acids is 1. The summed E-state index contributed by atoms with van der Waals surface area (Å²) in [5, 5.41) is 19.5. The summed E-state index contributed by atoms with van der Waals surface area (Å²) in [5.41, 5.74) is 6.86. The molecule has 466 valence electrons. The van der Waals surface area contributed by atoms with Crippen LogP contribution in [-0.4, -0.2) is 140 Å². The van der Waals surface area contributed by atoms with Crippen LogP contribution in [0.5, 0.6) is 0 Å². The number of rotatable bonds is 23. The van der Waals surface area contributed by atoms with Crippen molar-refractivity contribution in [2.45, 2.75) is 73.6 Å². The molecule has 5 heterocycles. The molecule has 0 spiro atoms. The number of carboxylic acids is 1. The summed E-state index contributed by atoms with van der Waals surface area (Å²) >= 11 is 0. The molecule has 29 heteroatoms. The molecule has 1 aliphatic carbocycles. The van der Waals surface area contributed by atoms with Crippen LogP contribution in [0.3, 0.4) is 0 Å². The number of carboxylic acid groups (broad SMARTS) is 1. The Kier molecular flexibility index (Phi) is 17.2. The van der Waals surface area contributed by atoms with E-state index in [2.05, 4.69) is 20.5 Å². The SMILES string of the molecule is COC1C(N(C)C(=O)OCc2ccc(SSCC(NC(=O)OCC3c4ccccc4-c4ccccc43)C(=O)NCCOP(=O)(O)O)c(CCOCC(=O)O)c2)CC2OC1(C)n1c3ccccc3c3c4c(c5c6ccccc6n2c5c31)C(=O)NC4OP(=O)(O)O. The number of nitrogens with one attached hydrogen (secondary N) is 3. The predicted octanol–water partition coefficient (Wildman–Crippen LogP) is 8.53. The molecule has 6 unspecified atom stereocenters. The van der Waals surface area contributed by atoms with E-state index in [-0.39, 0.29) is 62.0 Å². The van der Waals surface area contributed by atoms with Gasteiger partial charge >= 0.3 is 33.8 Å². The monoisotopic (exact) mass is 1290 g/mol.